The second kappa shape index (κ2) is 2.70. The molecule has 0 aliphatic rings. The minimum Gasteiger partial charge on any atom is -0.348 e. The van der Waals surface area contributed by atoms with E-state index >= 15 is 0 Å². The van der Waals surface area contributed by atoms with Crippen molar-refractivity contribution in [3.63, 3.8) is 0 Å². The Morgan fingerprint density at radius 2 is 2.00 bits per heavy atom. The van der Waals surface area contributed by atoms with Gasteiger partial charge in [0.15, 0.2) is 6.34 Å². The van der Waals surface area contributed by atoms with Gasteiger partial charge in [-0.1, -0.05) is 0 Å². The van der Waals surface area contributed by atoms with Gasteiger partial charge in [-0.3, -0.25) is 5.41 Å². The van der Waals surface area contributed by atoms with Crippen molar-refractivity contribution >= 4 is 6.34 Å². The second-order valence-electron chi connectivity index (χ2n) is 1.58. The zero-order valence-corrected chi connectivity index (χ0v) is 4.79. The average Bonchev–Trinajstić information content (AvgIpc) is 1.62. The van der Waals surface area contributed by atoms with Crippen LogP contribution in [0.2, 0.25) is 0 Å². The van der Waals surface area contributed by atoms with Gasteiger partial charge in [0.25, 0.3) is 0 Å². The van der Waals surface area contributed by atoms with Crippen molar-refractivity contribution in [2.45, 2.75) is 6.18 Å². The van der Waals surface area contributed by atoms with E-state index in [1.54, 1.807) is 6.34 Å². The smallest absolute Gasteiger partial charge is 0.348 e. The van der Waals surface area contributed by atoms with Gasteiger partial charge in [0.05, 0.1) is 0 Å². The predicted molar refractivity (Wildman–Crippen MR) is 26.4 cm³/mol. The summed E-state index contributed by atoms with van der Waals surface area (Å²) in [6.07, 6.45) is -2.65. The lowest BCUT2D eigenvalue weighted by Gasteiger charge is -2.12. The molecule has 0 saturated carbocycles. The maximum atomic E-state index is 11.3. The summed E-state index contributed by atoms with van der Waals surface area (Å²) in [7, 11) is 1.14. The number of hydrogen-bond acceptors (Lipinski definition) is 1. The molecule has 1 N–H and O–H groups in total. The van der Waals surface area contributed by atoms with Gasteiger partial charge < -0.3 is 4.90 Å². The number of nitrogens with zero attached hydrogens (tertiary/aromatic N) is 1. The van der Waals surface area contributed by atoms with Gasteiger partial charge in [-0.25, -0.2) is 0 Å². The Morgan fingerprint density at radius 3 is 2.11 bits per heavy atom. The second-order valence-corrected chi connectivity index (χ2v) is 1.58. The molecule has 0 saturated heterocycles. The molecule has 0 spiro atoms. The van der Waals surface area contributed by atoms with Crippen LogP contribution < -0.4 is 0 Å². The molecule has 0 rings (SSSR count). The van der Waals surface area contributed by atoms with Crippen LogP contribution in [0.15, 0.2) is 0 Å². The van der Waals surface area contributed by atoms with Crippen LogP contribution in [0.5, 0.6) is 0 Å². The molecule has 0 aromatic carbocycles. The highest BCUT2D eigenvalue weighted by atomic mass is 19.4. The summed E-state index contributed by atoms with van der Waals surface area (Å²) in [6.45, 7) is -1.11. The summed E-state index contributed by atoms with van der Waals surface area (Å²) in [6, 6.07) is 0. The Kier molecular flexibility index (Phi) is 2.48. The first-order chi connectivity index (χ1) is 3.95. The molecule has 2 nitrogen and oxygen atoms in total. The van der Waals surface area contributed by atoms with Crippen LogP contribution in [0.4, 0.5) is 13.2 Å². The third-order valence-corrected chi connectivity index (χ3v) is 0.607. The normalized spacial score (nSPS) is 11.1. The van der Waals surface area contributed by atoms with Crippen LogP contribution in [0.25, 0.3) is 0 Å². The van der Waals surface area contributed by atoms with Crippen LogP contribution in [0.1, 0.15) is 0 Å². The monoisotopic (exact) mass is 139 g/mol. The van der Waals surface area contributed by atoms with Gasteiger partial charge >= 0.3 is 6.18 Å². The fourth-order valence-electron chi connectivity index (χ4n) is 0.308. The van der Waals surface area contributed by atoms with E-state index < -0.39 is 12.7 Å². The number of hydrogen-bond donors (Lipinski definition) is 1. The first-order valence-electron chi connectivity index (χ1n) is 2.16. The van der Waals surface area contributed by atoms with E-state index in [0.29, 0.717) is 4.90 Å². The largest absolute Gasteiger partial charge is 0.405 e. The molecule has 0 fully saturated rings. The van der Waals surface area contributed by atoms with Crippen LogP contribution >= 0.6 is 0 Å². The van der Waals surface area contributed by atoms with Crippen molar-refractivity contribution in [2.75, 3.05) is 13.6 Å². The van der Waals surface area contributed by atoms with Crippen LogP contribution in [0, 0.1) is 5.41 Å². The number of rotatable bonds is 2. The number of alkyl halides is 3. The molecule has 0 aliphatic heterocycles. The predicted octanol–water partition coefficient (Wildman–Crippen LogP) is 0.965. The standard InChI is InChI=1S/C4H6F3N2/c1-9(3-8)2-4(5,6)7/h8H,2H2,1H3. The highest BCUT2D eigenvalue weighted by Gasteiger charge is 2.28. The number of halogens is 3. The molecule has 0 aromatic heterocycles. The summed E-state index contributed by atoms with van der Waals surface area (Å²) in [4.78, 5) is 0.625. The van der Waals surface area contributed by atoms with E-state index in [1.165, 1.54) is 0 Å². The minimum absolute atomic E-state index is 0.625. The highest BCUT2D eigenvalue weighted by Crippen LogP contribution is 2.14. The average molecular weight is 139 g/mol. The lowest BCUT2D eigenvalue weighted by molar-refractivity contribution is -0.135. The highest BCUT2D eigenvalue weighted by molar-refractivity contribution is 5.49. The first kappa shape index (κ1) is 8.26. The Morgan fingerprint density at radius 1 is 1.56 bits per heavy atom. The molecule has 9 heavy (non-hydrogen) atoms. The van der Waals surface area contributed by atoms with E-state index in [9.17, 15) is 13.2 Å². The molecule has 53 valence electrons. The molecule has 0 aliphatic carbocycles. The Hall–Kier alpha value is -0.740. The molecular formula is C4H6F3N2. The van der Waals surface area contributed by atoms with Crippen molar-refractivity contribution < 1.29 is 13.2 Å². The van der Waals surface area contributed by atoms with Crippen molar-refractivity contribution in [1.29, 1.82) is 5.41 Å². The van der Waals surface area contributed by atoms with Crippen LogP contribution in [-0.2, 0) is 0 Å². The summed E-state index contributed by atoms with van der Waals surface area (Å²) in [5.41, 5.74) is 0. The van der Waals surface area contributed by atoms with Gasteiger partial charge in [-0.05, 0) is 0 Å². The Bertz CT molecular complexity index is 98.5. The summed E-state index contributed by atoms with van der Waals surface area (Å²) >= 11 is 0. The molecule has 0 amide bonds. The van der Waals surface area contributed by atoms with E-state index in [2.05, 4.69) is 0 Å². The fourth-order valence-corrected chi connectivity index (χ4v) is 0.308. The zero-order chi connectivity index (χ0) is 7.49. The molecular weight excluding hydrogens is 133 g/mol. The van der Waals surface area contributed by atoms with Gasteiger partial charge in [0.1, 0.15) is 6.54 Å². The van der Waals surface area contributed by atoms with Gasteiger partial charge in [0.2, 0.25) is 0 Å². The first-order valence-corrected chi connectivity index (χ1v) is 2.16. The molecule has 1 radical (unpaired) electrons. The third kappa shape index (κ3) is 5.13. The molecule has 0 atom stereocenters. The summed E-state index contributed by atoms with van der Waals surface area (Å²) in [5.74, 6) is 0. The Balaban J connectivity index is 3.59. The zero-order valence-electron chi connectivity index (χ0n) is 4.79. The SMILES string of the molecule is CN([C]=N)CC(F)(F)F. The molecule has 0 heterocycles. The van der Waals surface area contributed by atoms with Crippen LogP contribution in [0.3, 0.4) is 0 Å². The topological polar surface area (TPSA) is 27.1 Å². The Labute approximate surface area is 50.8 Å². The minimum atomic E-state index is -4.23. The van der Waals surface area contributed by atoms with Crippen molar-refractivity contribution in [3.05, 3.63) is 0 Å². The molecule has 0 aromatic rings. The maximum absolute atomic E-state index is 11.3. The van der Waals surface area contributed by atoms with Crippen molar-refractivity contribution in [1.82, 2.24) is 4.90 Å². The van der Waals surface area contributed by atoms with Crippen molar-refractivity contribution in [2.24, 2.45) is 0 Å². The third-order valence-electron chi connectivity index (χ3n) is 0.607. The molecule has 5 heteroatoms. The van der Waals surface area contributed by atoms with E-state index in [0.717, 1.165) is 7.05 Å². The molecule has 0 bridgehead atoms. The lowest BCUT2D eigenvalue weighted by Crippen LogP contribution is -2.29. The maximum Gasteiger partial charge on any atom is 0.405 e. The fraction of sp³-hybridized carbons (Fsp3) is 0.750. The van der Waals surface area contributed by atoms with Crippen molar-refractivity contribution in [3.8, 4) is 0 Å². The van der Waals surface area contributed by atoms with Gasteiger partial charge in [-0.15, -0.1) is 0 Å². The van der Waals surface area contributed by atoms with Crippen LogP contribution in [-0.4, -0.2) is 31.0 Å². The quantitative estimate of drug-likeness (QED) is 0.344. The van der Waals surface area contributed by atoms with Gasteiger partial charge in [-0.2, -0.15) is 13.2 Å². The summed E-state index contributed by atoms with van der Waals surface area (Å²) < 4.78 is 34.0. The summed E-state index contributed by atoms with van der Waals surface area (Å²) in [5, 5.41) is 6.26. The van der Waals surface area contributed by atoms with E-state index in [1.807, 2.05) is 0 Å². The van der Waals surface area contributed by atoms with Gasteiger partial charge in [0, 0.05) is 7.05 Å². The lowest BCUT2D eigenvalue weighted by atomic mass is 10.6. The molecule has 0 unspecified atom stereocenters. The van der Waals surface area contributed by atoms with E-state index in [-0.39, 0.29) is 0 Å². The van der Waals surface area contributed by atoms with E-state index in [4.69, 9.17) is 5.41 Å². The number of nitrogens with one attached hydrogen (secondary N) is 1.